The van der Waals surface area contributed by atoms with E-state index < -0.39 is 7.60 Å². The molecule has 96 valence electrons. The third-order valence-corrected chi connectivity index (χ3v) is 5.67. The molecule has 0 radical (unpaired) electrons. The van der Waals surface area contributed by atoms with Crippen LogP contribution in [0.4, 0.5) is 0 Å². The zero-order valence-electron chi connectivity index (χ0n) is 10.1. The summed E-state index contributed by atoms with van der Waals surface area (Å²) in [7, 11) is -2.99. The summed E-state index contributed by atoms with van der Waals surface area (Å²) < 4.78 is 22.9. The molecule has 0 N–H and O–H groups in total. The second-order valence-corrected chi connectivity index (χ2v) is 6.72. The smallest absolute Gasteiger partial charge is 0.309 e. The Morgan fingerprint density at radius 1 is 1.18 bits per heavy atom. The van der Waals surface area contributed by atoms with Gasteiger partial charge < -0.3 is 9.05 Å². The predicted molar refractivity (Wildman–Crippen MR) is 73.8 cm³/mol. The summed E-state index contributed by atoms with van der Waals surface area (Å²) in [6.45, 7) is 4.42. The summed E-state index contributed by atoms with van der Waals surface area (Å²) in [5, 5.41) is 0. The molecule has 0 saturated carbocycles. The van der Waals surface area contributed by atoms with E-state index in [1.165, 1.54) is 0 Å². The van der Waals surface area contributed by atoms with Crippen LogP contribution >= 0.6 is 23.5 Å². The van der Waals surface area contributed by atoms with Gasteiger partial charge in [0.2, 0.25) is 0 Å². The monoisotopic (exact) mass is 320 g/mol. The number of halogens is 1. The van der Waals surface area contributed by atoms with E-state index in [1.54, 1.807) is 0 Å². The van der Waals surface area contributed by atoms with Crippen molar-refractivity contribution in [3.05, 3.63) is 35.9 Å². The molecule has 0 aliphatic rings. The zero-order valence-corrected chi connectivity index (χ0v) is 12.6. The van der Waals surface area contributed by atoms with Gasteiger partial charge >= 0.3 is 7.60 Å². The molecule has 0 bridgehead atoms. The number of benzene rings is 1. The largest absolute Gasteiger partial charge is 0.332 e. The molecule has 1 rings (SSSR count). The van der Waals surface area contributed by atoms with E-state index in [4.69, 9.17) is 9.05 Å². The van der Waals surface area contributed by atoms with Gasteiger partial charge in [0, 0.05) is 0 Å². The van der Waals surface area contributed by atoms with Crippen molar-refractivity contribution in [2.24, 2.45) is 0 Å². The van der Waals surface area contributed by atoms with Gasteiger partial charge in [0.25, 0.3) is 0 Å². The standard InChI is InChI=1S/C12H18BrO3P/c1-3-15-17(14,16-4-2)10-12(13)11-8-6-5-7-9-11/h5-9,12H,3-4,10H2,1-2H3. The van der Waals surface area contributed by atoms with Crippen LogP contribution in [0.25, 0.3) is 0 Å². The van der Waals surface area contributed by atoms with Gasteiger partial charge in [-0.15, -0.1) is 0 Å². The third kappa shape index (κ3) is 4.92. The Hall–Kier alpha value is -0.150. The lowest BCUT2D eigenvalue weighted by molar-refractivity contribution is 0.220. The molecular formula is C12H18BrO3P. The van der Waals surface area contributed by atoms with Crippen LogP contribution < -0.4 is 0 Å². The summed E-state index contributed by atoms with van der Waals surface area (Å²) in [5.74, 6) is 0. The molecule has 0 fully saturated rings. The fourth-order valence-electron chi connectivity index (χ4n) is 1.50. The summed E-state index contributed by atoms with van der Waals surface area (Å²) in [6.07, 6.45) is 0.346. The van der Waals surface area contributed by atoms with E-state index in [0.29, 0.717) is 19.4 Å². The molecule has 1 aromatic rings. The highest BCUT2D eigenvalue weighted by molar-refractivity contribution is 9.09. The normalized spacial score (nSPS) is 13.6. The summed E-state index contributed by atoms with van der Waals surface area (Å²) in [4.78, 5) is -0.0207. The van der Waals surface area contributed by atoms with Gasteiger partial charge in [0.15, 0.2) is 0 Å². The van der Waals surface area contributed by atoms with Crippen LogP contribution in [0.1, 0.15) is 24.2 Å². The third-order valence-electron chi connectivity index (χ3n) is 2.20. The summed E-state index contributed by atoms with van der Waals surface area (Å²) in [6, 6.07) is 9.84. The van der Waals surface area contributed by atoms with Crippen LogP contribution in [0.5, 0.6) is 0 Å². The molecule has 5 heteroatoms. The predicted octanol–water partition coefficient (Wildman–Crippen LogP) is 4.39. The van der Waals surface area contributed by atoms with Crippen molar-refractivity contribution in [2.75, 3.05) is 19.4 Å². The van der Waals surface area contributed by atoms with Crippen LogP contribution in [0.3, 0.4) is 0 Å². The van der Waals surface area contributed by atoms with E-state index in [9.17, 15) is 4.57 Å². The van der Waals surface area contributed by atoms with Gasteiger partial charge in [-0.3, -0.25) is 4.57 Å². The Morgan fingerprint density at radius 3 is 2.18 bits per heavy atom. The lowest BCUT2D eigenvalue weighted by atomic mass is 10.2. The first-order valence-electron chi connectivity index (χ1n) is 5.68. The van der Waals surface area contributed by atoms with Gasteiger partial charge in [-0.2, -0.15) is 0 Å². The molecule has 17 heavy (non-hydrogen) atoms. The van der Waals surface area contributed by atoms with Crippen molar-refractivity contribution in [2.45, 2.75) is 18.7 Å². The average Bonchev–Trinajstić information content (AvgIpc) is 2.30. The molecule has 0 spiro atoms. The molecule has 0 aliphatic carbocycles. The minimum absolute atomic E-state index is 0.0207. The van der Waals surface area contributed by atoms with E-state index in [1.807, 2.05) is 44.2 Å². The molecule has 1 unspecified atom stereocenters. The minimum atomic E-state index is -2.99. The van der Waals surface area contributed by atoms with Crippen LogP contribution in [-0.2, 0) is 13.6 Å². The maximum Gasteiger partial charge on any atom is 0.332 e. The van der Waals surface area contributed by atoms with Gasteiger partial charge in [-0.25, -0.2) is 0 Å². The Kier molecular flexibility index (Phi) is 6.42. The van der Waals surface area contributed by atoms with Gasteiger partial charge in [0.1, 0.15) is 0 Å². The van der Waals surface area contributed by atoms with Crippen molar-refractivity contribution in [1.82, 2.24) is 0 Å². The van der Waals surface area contributed by atoms with E-state index in [2.05, 4.69) is 15.9 Å². The number of alkyl halides is 1. The molecule has 3 nitrogen and oxygen atoms in total. The average molecular weight is 321 g/mol. The van der Waals surface area contributed by atoms with Crippen molar-refractivity contribution < 1.29 is 13.6 Å². The lowest BCUT2D eigenvalue weighted by Crippen LogP contribution is -2.04. The first kappa shape index (κ1) is 14.9. The molecule has 0 amide bonds. The van der Waals surface area contributed by atoms with Crippen molar-refractivity contribution in [1.29, 1.82) is 0 Å². The van der Waals surface area contributed by atoms with E-state index >= 15 is 0 Å². The maximum absolute atomic E-state index is 12.3. The van der Waals surface area contributed by atoms with Gasteiger partial charge in [-0.05, 0) is 19.4 Å². The number of rotatable bonds is 7. The Bertz CT molecular complexity index is 359. The fourth-order valence-corrected chi connectivity index (χ4v) is 4.54. The highest BCUT2D eigenvalue weighted by Crippen LogP contribution is 2.52. The van der Waals surface area contributed by atoms with Gasteiger partial charge in [0.05, 0.1) is 24.2 Å². The number of hydrogen-bond acceptors (Lipinski definition) is 3. The van der Waals surface area contributed by atoms with Crippen LogP contribution in [0.15, 0.2) is 30.3 Å². The van der Waals surface area contributed by atoms with Crippen molar-refractivity contribution >= 4 is 23.5 Å². The van der Waals surface area contributed by atoms with E-state index in [-0.39, 0.29) is 4.83 Å². The topological polar surface area (TPSA) is 35.5 Å². The maximum atomic E-state index is 12.3. The SMILES string of the molecule is CCOP(=O)(CC(Br)c1ccccc1)OCC. The summed E-state index contributed by atoms with van der Waals surface area (Å²) >= 11 is 3.53. The molecular weight excluding hydrogens is 303 g/mol. The van der Waals surface area contributed by atoms with E-state index in [0.717, 1.165) is 5.56 Å². The molecule has 0 saturated heterocycles. The fraction of sp³-hybridized carbons (Fsp3) is 0.500. The molecule has 0 aromatic heterocycles. The molecule has 1 aromatic carbocycles. The van der Waals surface area contributed by atoms with Crippen molar-refractivity contribution in [3.63, 3.8) is 0 Å². The van der Waals surface area contributed by atoms with Crippen LogP contribution in [0.2, 0.25) is 0 Å². The second kappa shape index (κ2) is 7.32. The number of hydrogen-bond donors (Lipinski definition) is 0. The quantitative estimate of drug-likeness (QED) is 0.552. The van der Waals surface area contributed by atoms with Crippen LogP contribution in [0, 0.1) is 0 Å². The highest BCUT2D eigenvalue weighted by atomic mass is 79.9. The Labute approximate surface area is 111 Å². The highest BCUT2D eigenvalue weighted by Gasteiger charge is 2.27. The first-order chi connectivity index (χ1) is 8.11. The first-order valence-corrected chi connectivity index (χ1v) is 8.32. The lowest BCUT2D eigenvalue weighted by Gasteiger charge is -2.20. The zero-order chi connectivity index (χ0) is 12.7. The van der Waals surface area contributed by atoms with Crippen molar-refractivity contribution in [3.8, 4) is 0 Å². The molecule has 0 heterocycles. The van der Waals surface area contributed by atoms with Crippen LogP contribution in [-0.4, -0.2) is 19.4 Å². The Balaban J connectivity index is 2.71. The minimum Gasteiger partial charge on any atom is -0.309 e. The summed E-state index contributed by atoms with van der Waals surface area (Å²) in [5.41, 5.74) is 1.08. The second-order valence-electron chi connectivity index (χ2n) is 3.51. The van der Waals surface area contributed by atoms with Gasteiger partial charge in [-0.1, -0.05) is 46.3 Å². The molecule has 0 aliphatic heterocycles. The Morgan fingerprint density at radius 2 is 1.71 bits per heavy atom. The molecule has 1 atom stereocenters.